The molecule has 0 atom stereocenters. The van der Waals surface area contributed by atoms with E-state index in [2.05, 4.69) is 4.72 Å². The molecule has 0 unspecified atom stereocenters. The second kappa shape index (κ2) is 8.11. The number of methoxy groups -OCH3 is 1. The lowest BCUT2D eigenvalue weighted by Crippen LogP contribution is -2.25. The van der Waals surface area contributed by atoms with Crippen molar-refractivity contribution in [1.82, 2.24) is 4.72 Å². The Hall–Kier alpha value is -1.15. The monoisotopic (exact) mass is 289 g/mol. The van der Waals surface area contributed by atoms with Crippen LogP contribution < -0.4 is 4.72 Å². The van der Waals surface area contributed by atoms with Crippen LogP contribution in [0.1, 0.15) is 6.42 Å². The van der Waals surface area contributed by atoms with Crippen LogP contribution >= 0.6 is 0 Å². The van der Waals surface area contributed by atoms with Gasteiger partial charge in [0.1, 0.15) is 10.6 Å². The quantitative estimate of drug-likeness (QED) is 0.654. The number of benzene rings is 1. The van der Waals surface area contributed by atoms with E-state index in [0.717, 1.165) is 0 Å². The largest absolute Gasteiger partial charge is 0.507 e. The fourth-order valence-corrected chi connectivity index (χ4v) is 2.56. The molecule has 0 bridgehead atoms. The van der Waals surface area contributed by atoms with Gasteiger partial charge in [0.25, 0.3) is 0 Å². The molecule has 1 rings (SSSR count). The topological polar surface area (TPSA) is 84.9 Å². The van der Waals surface area contributed by atoms with Crippen molar-refractivity contribution < 1.29 is 23.0 Å². The minimum absolute atomic E-state index is 0.115. The minimum Gasteiger partial charge on any atom is -0.507 e. The van der Waals surface area contributed by atoms with E-state index in [1.165, 1.54) is 12.1 Å². The molecule has 0 fully saturated rings. The molecule has 0 saturated heterocycles. The van der Waals surface area contributed by atoms with Gasteiger partial charge in [0.15, 0.2) is 0 Å². The van der Waals surface area contributed by atoms with Crippen LogP contribution in [0.15, 0.2) is 29.2 Å². The normalized spacial score (nSPS) is 11.6. The zero-order valence-corrected chi connectivity index (χ0v) is 11.6. The van der Waals surface area contributed by atoms with Crippen LogP contribution in [0.5, 0.6) is 5.75 Å². The van der Waals surface area contributed by atoms with E-state index in [1.807, 2.05) is 0 Å². The van der Waals surface area contributed by atoms with E-state index in [4.69, 9.17) is 9.47 Å². The van der Waals surface area contributed by atoms with Crippen LogP contribution in [0, 0.1) is 0 Å². The Morgan fingerprint density at radius 2 is 1.95 bits per heavy atom. The number of ether oxygens (including phenoxy) is 2. The first kappa shape index (κ1) is 15.9. The summed E-state index contributed by atoms with van der Waals surface area (Å²) in [6.07, 6.45) is 0.552. The van der Waals surface area contributed by atoms with Crippen molar-refractivity contribution in [2.24, 2.45) is 0 Å². The van der Waals surface area contributed by atoms with Crippen molar-refractivity contribution in [1.29, 1.82) is 0 Å². The summed E-state index contributed by atoms with van der Waals surface area (Å²) in [4.78, 5) is -0.115. The molecule has 108 valence electrons. The van der Waals surface area contributed by atoms with Gasteiger partial charge in [0.05, 0.1) is 13.2 Å². The maximum Gasteiger partial charge on any atom is 0.244 e. The van der Waals surface area contributed by atoms with Gasteiger partial charge < -0.3 is 14.6 Å². The van der Waals surface area contributed by atoms with Crippen molar-refractivity contribution in [3.8, 4) is 5.75 Å². The van der Waals surface area contributed by atoms with Gasteiger partial charge in [-0.3, -0.25) is 0 Å². The molecule has 1 aromatic rings. The molecule has 0 aliphatic heterocycles. The summed E-state index contributed by atoms with van der Waals surface area (Å²) in [6.45, 7) is 1.71. The Kier molecular flexibility index (Phi) is 6.79. The first-order valence-electron chi connectivity index (χ1n) is 5.92. The van der Waals surface area contributed by atoms with Gasteiger partial charge in [-0.05, 0) is 18.6 Å². The third-order valence-electron chi connectivity index (χ3n) is 2.34. The van der Waals surface area contributed by atoms with Crippen LogP contribution in [0.2, 0.25) is 0 Å². The second-order valence-corrected chi connectivity index (χ2v) is 5.56. The first-order chi connectivity index (χ1) is 9.08. The van der Waals surface area contributed by atoms with Crippen LogP contribution in [-0.2, 0) is 19.5 Å². The van der Waals surface area contributed by atoms with Crippen molar-refractivity contribution in [3.05, 3.63) is 24.3 Å². The fourth-order valence-electron chi connectivity index (χ4n) is 1.39. The molecule has 0 spiro atoms. The second-order valence-electron chi connectivity index (χ2n) is 3.82. The molecule has 0 saturated carbocycles. The van der Waals surface area contributed by atoms with Gasteiger partial charge in [0, 0.05) is 20.3 Å². The number of sulfonamides is 1. The molecular formula is C12H19NO5S. The first-order valence-corrected chi connectivity index (χ1v) is 7.40. The molecular weight excluding hydrogens is 270 g/mol. The van der Waals surface area contributed by atoms with Crippen molar-refractivity contribution >= 4 is 10.0 Å². The lowest BCUT2D eigenvalue weighted by molar-refractivity contribution is 0.0699. The number of nitrogens with one attached hydrogen (secondary N) is 1. The SMILES string of the molecule is COCCOCCCNS(=O)(=O)c1ccccc1O. The standard InChI is InChI=1S/C12H19NO5S/c1-17-9-10-18-8-4-7-13-19(15,16)12-6-3-2-5-11(12)14/h2-3,5-6,13-14H,4,7-10H2,1H3. The summed E-state index contributed by atoms with van der Waals surface area (Å²) in [5.41, 5.74) is 0. The summed E-state index contributed by atoms with van der Waals surface area (Å²) in [7, 11) is -2.08. The van der Waals surface area contributed by atoms with Crippen LogP contribution in [0.4, 0.5) is 0 Å². The minimum atomic E-state index is -3.67. The van der Waals surface area contributed by atoms with E-state index in [9.17, 15) is 13.5 Å². The number of aromatic hydroxyl groups is 1. The molecule has 19 heavy (non-hydrogen) atoms. The smallest absolute Gasteiger partial charge is 0.244 e. The number of para-hydroxylation sites is 1. The predicted octanol–water partition coefficient (Wildman–Crippen LogP) is 0.724. The average molecular weight is 289 g/mol. The Labute approximate surface area is 113 Å². The summed E-state index contributed by atoms with van der Waals surface area (Å²) in [5.74, 6) is -0.258. The molecule has 0 aliphatic carbocycles. The summed E-state index contributed by atoms with van der Waals surface area (Å²) in [6, 6.07) is 5.81. The number of phenolic OH excluding ortho intramolecular Hbond substituents is 1. The highest BCUT2D eigenvalue weighted by Gasteiger charge is 2.16. The molecule has 7 heteroatoms. The van der Waals surface area contributed by atoms with E-state index in [-0.39, 0.29) is 17.2 Å². The number of rotatable bonds is 9. The zero-order valence-electron chi connectivity index (χ0n) is 10.8. The van der Waals surface area contributed by atoms with E-state index >= 15 is 0 Å². The van der Waals surface area contributed by atoms with Crippen molar-refractivity contribution in [2.45, 2.75) is 11.3 Å². The number of phenols is 1. The lowest BCUT2D eigenvalue weighted by atomic mass is 10.3. The van der Waals surface area contributed by atoms with Crippen LogP contribution in [0.3, 0.4) is 0 Å². The van der Waals surface area contributed by atoms with Crippen molar-refractivity contribution in [3.63, 3.8) is 0 Å². The Bertz CT molecular complexity index is 475. The van der Waals surface area contributed by atoms with Gasteiger partial charge >= 0.3 is 0 Å². The van der Waals surface area contributed by atoms with Gasteiger partial charge in [-0.1, -0.05) is 12.1 Å². The molecule has 0 heterocycles. The fraction of sp³-hybridized carbons (Fsp3) is 0.500. The predicted molar refractivity (Wildman–Crippen MR) is 70.6 cm³/mol. The molecule has 0 radical (unpaired) electrons. The highest BCUT2D eigenvalue weighted by molar-refractivity contribution is 7.89. The molecule has 2 N–H and O–H groups in total. The highest BCUT2D eigenvalue weighted by Crippen LogP contribution is 2.20. The Balaban J connectivity index is 2.34. The van der Waals surface area contributed by atoms with Gasteiger partial charge in [-0.2, -0.15) is 0 Å². The number of hydrogen-bond donors (Lipinski definition) is 2. The maximum atomic E-state index is 11.9. The number of hydrogen-bond acceptors (Lipinski definition) is 5. The molecule has 0 aliphatic rings. The van der Waals surface area contributed by atoms with Gasteiger partial charge in [0.2, 0.25) is 10.0 Å². The summed E-state index contributed by atoms with van der Waals surface area (Å²) < 4.78 is 36.1. The third kappa shape index (κ3) is 5.56. The Morgan fingerprint density at radius 1 is 1.21 bits per heavy atom. The van der Waals surface area contributed by atoms with Gasteiger partial charge in [-0.25, -0.2) is 13.1 Å². The van der Waals surface area contributed by atoms with E-state index in [0.29, 0.717) is 26.2 Å². The molecule has 0 aromatic heterocycles. The highest BCUT2D eigenvalue weighted by atomic mass is 32.2. The van der Waals surface area contributed by atoms with E-state index < -0.39 is 10.0 Å². The summed E-state index contributed by atoms with van der Waals surface area (Å²) >= 11 is 0. The third-order valence-corrected chi connectivity index (χ3v) is 3.85. The van der Waals surface area contributed by atoms with Crippen molar-refractivity contribution in [2.75, 3.05) is 33.5 Å². The van der Waals surface area contributed by atoms with E-state index in [1.54, 1.807) is 19.2 Å². The summed E-state index contributed by atoms with van der Waals surface area (Å²) in [5, 5.41) is 9.49. The average Bonchev–Trinajstić information content (AvgIpc) is 2.38. The Morgan fingerprint density at radius 3 is 2.63 bits per heavy atom. The zero-order chi connectivity index (χ0) is 14.1. The van der Waals surface area contributed by atoms with Crippen LogP contribution in [-0.4, -0.2) is 47.0 Å². The maximum absolute atomic E-state index is 11.9. The molecule has 6 nitrogen and oxygen atoms in total. The molecule has 1 aromatic carbocycles. The van der Waals surface area contributed by atoms with Gasteiger partial charge in [-0.15, -0.1) is 0 Å². The molecule has 0 amide bonds. The lowest BCUT2D eigenvalue weighted by Gasteiger charge is -2.08. The van der Waals surface area contributed by atoms with Crippen LogP contribution in [0.25, 0.3) is 0 Å².